The zero-order chi connectivity index (χ0) is 37.7. The monoisotopic (exact) mass is 727 g/mol. The zero-order valence-electron chi connectivity index (χ0n) is 30.8. The van der Waals surface area contributed by atoms with Gasteiger partial charge in [-0.25, -0.2) is 15.0 Å². The molecule has 4 nitrogen and oxygen atoms in total. The van der Waals surface area contributed by atoms with Crippen LogP contribution in [-0.4, -0.2) is 15.0 Å². The Labute approximate surface area is 329 Å². The smallest absolute Gasteiger partial charge is 0.164 e. The number of hydrogen-bond acceptors (Lipinski definition) is 4. The van der Waals surface area contributed by atoms with Gasteiger partial charge in [0.25, 0.3) is 0 Å². The van der Waals surface area contributed by atoms with Crippen LogP contribution in [0.25, 0.3) is 111 Å². The Bertz CT molecular complexity index is 3310. The molecule has 0 saturated heterocycles. The first-order valence-electron chi connectivity index (χ1n) is 19.2. The number of furan rings is 1. The summed E-state index contributed by atoms with van der Waals surface area (Å²) in [5.74, 6) is 1.90. The lowest BCUT2D eigenvalue weighted by Crippen LogP contribution is -2.00. The lowest BCUT2D eigenvalue weighted by Gasteiger charge is -2.12. The van der Waals surface area contributed by atoms with E-state index in [2.05, 4.69) is 152 Å². The minimum atomic E-state index is 0.627. The molecule has 0 aliphatic rings. The van der Waals surface area contributed by atoms with Crippen molar-refractivity contribution in [2.45, 2.75) is 0 Å². The molecule has 2 aromatic heterocycles. The largest absolute Gasteiger partial charge is 0.456 e. The highest BCUT2D eigenvalue weighted by atomic mass is 16.3. The molecular formula is C53H33N3O. The summed E-state index contributed by atoms with van der Waals surface area (Å²) in [6.45, 7) is 0. The van der Waals surface area contributed by atoms with Crippen LogP contribution in [0, 0.1) is 0 Å². The average molecular weight is 728 g/mol. The van der Waals surface area contributed by atoms with E-state index >= 15 is 0 Å². The molecule has 9 aromatic carbocycles. The Morgan fingerprint density at radius 1 is 0.281 bits per heavy atom. The fraction of sp³-hybridized carbons (Fsp3) is 0. The van der Waals surface area contributed by atoms with E-state index in [1.807, 2.05) is 48.5 Å². The normalized spacial score (nSPS) is 11.5. The Kier molecular flexibility index (Phi) is 7.78. The fourth-order valence-electron chi connectivity index (χ4n) is 8.10. The third kappa shape index (κ3) is 5.92. The Balaban J connectivity index is 0.974. The molecule has 0 aliphatic heterocycles. The summed E-state index contributed by atoms with van der Waals surface area (Å²) in [6.07, 6.45) is 0. The van der Waals surface area contributed by atoms with Crippen LogP contribution in [0.4, 0.5) is 0 Å². The molecule has 0 bridgehead atoms. The van der Waals surface area contributed by atoms with Crippen LogP contribution in [0.2, 0.25) is 0 Å². The highest BCUT2D eigenvalue weighted by molar-refractivity contribution is 6.13. The standard InChI is InChI=1S/C53H33N3O/c1-2-13-35(14-3-1)51-54-52(56-53(55-51)43-19-9-17-40(33-43)45-22-10-15-34-12-4-5-20-44(34)45)42-18-8-16-36(32-42)37-26-27-39-31-41(29-28-38(39)30-37)46-23-11-25-49-50(46)47-21-6-7-24-48(47)57-49/h1-33H. The molecule has 0 amide bonds. The van der Waals surface area contributed by atoms with Crippen molar-refractivity contribution in [3.63, 3.8) is 0 Å². The summed E-state index contributed by atoms with van der Waals surface area (Å²) in [5, 5.41) is 7.06. The van der Waals surface area contributed by atoms with Gasteiger partial charge in [0.1, 0.15) is 11.2 Å². The van der Waals surface area contributed by atoms with E-state index < -0.39 is 0 Å². The maximum absolute atomic E-state index is 6.19. The van der Waals surface area contributed by atoms with Crippen LogP contribution in [0.5, 0.6) is 0 Å². The van der Waals surface area contributed by atoms with Crippen molar-refractivity contribution in [2.24, 2.45) is 0 Å². The number of hydrogen-bond donors (Lipinski definition) is 0. The van der Waals surface area contributed by atoms with Crippen molar-refractivity contribution < 1.29 is 4.42 Å². The maximum Gasteiger partial charge on any atom is 0.164 e. The Morgan fingerprint density at radius 3 is 1.58 bits per heavy atom. The van der Waals surface area contributed by atoms with E-state index in [1.165, 1.54) is 32.7 Å². The first-order valence-corrected chi connectivity index (χ1v) is 19.2. The van der Waals surface area contributed by atoms with Crippen molar-refractivity contribution in [2.75, 3.05) is 0 Å². The maximum atomic E-state index is 6.19. The van der Waals surface area contributed by atoms with Gasteiger partial charge in [0.05, 0.1) is 0 Å². The first kappa shape index (κ1) is 32.7. The predicted octanol–water partition coefficient (Wildman–Crippen LogP) is 14.1. The number of fused-ring (bicyclic) bond motifs is 5. The molecule has 0 saturated carbocycles. The molecule has 0 atom stereocenters. The van der Waals surface area contributed by atoms with Crippen LogP contribution in [-0.2, 0) is 0 Å². The van der Waals surface area contributed by atoms with Crippen molar-refractivity contribution in [3.05, 3.63) is 200 Å². The minimum absolute atomic E-state index is 0.627. The number of aromatic nitrogens is 3. The van der Waals surface area contributed by atoms with Crippen LogP contribution < -0.4 is 0 Å². The van der Waals surface area contributed by atoms with Gasteiger partial charge in [0.2, 0.25) is 0 Å². The average Bonchev–Trinajstić information content (AvgIpc) is 3.68. The summed E-state index contributed by atoms with van der Waals surface area (Å²) in [7, 11) is 0. The van der Waals surface area contributed by atoms with Crippen molar-refractivity contribution in [1.82, 2.24) is 15.0 Å². The van der Waals surface area contributed by atoms with Crippen LogP contribution in [0.1, 0.15) is 0 Å². The van der Waals surface area contributed by atoms with Gasteiger partial charge in [-0.15, -0.1) is 0 Å². The molecular weight excluding hydrogens is 695 g/mol. The summed E-state index contributed by atoms with van der Waals surface area (Å²) >= 11 is 0. The summed E-state index contributed by atoms with van der Waals surface area (Å²) < 4.78 is 6.19. The molecule has 11 rings (SSSR count). The van der Waals surface area contributed by atoms with Gasteiger partial charge in [-0.1, -0.05) is 164 Å². The molecule has 0 aliphatic carbocycles. The fourth-order valence-corrected chi connectivity index (χ4v) is 8.10. The minimum Gasteiger partial charge on any atom is -0.456 e. The van der Waals surface area contributed by atoms with Crippen LogP contribution in [0.3, 0.4) is 0 Å². The van der Waals surface area contributed by atoms with E-state index in [0.29, 0.717) is 17.5 Å². The third-order valence-corrected chi connectivity index (χ3v) is 10.9. The molecule has 0 fully saturated rings. The zero-order valence-corrected chi connectivity index (χ0v) is 30.8. The molecule has 0 N–H and O–H groups in total. The van der Waals surface area contributed by atoms with E-state index in [4.69, 9.17) is 19.4 Å². The van der Waals surface area contributed by atoms with E-state index in [9.17, 15) is 0 Å². The highest BCUT2D eigenvalue weighted by Gasteiger charge is 2.16. The third-order valence-electron chi connectivity index (χ3n) is 10.9. The van der Waals surface area contributed by atoms with Gasteiger partial charge in [0, 0.05) is 27.5 Å². The van der Waals surface area contributed by atoms with Gasteiger partial charge in [-0.2, -0.15) is 0 Å². The number of para-hydroxylation sites is 1. The van der Waals surface area contributed by atoms with Gasteiger partial charge >= 0.3 is 0 Å². The molecule has 2 heterocycles. The molecule has 266 valence electrons. The second-order valence-electron chi connectivity index (χ2n) is 14.4. The Hall–Kier alpha value is -7.69. The van der Waals surface area contributed by atoms with Gasteiger partial charge < -0.3 is 4.42 Å². The number of benzene rings is 9. The molecule has 57 heavy (non-hydrogen) atoms. The van der Waals surface area contributed by atoms with Crippen molar-refractivity contribution >= 4 is 43.5 Å². The van der Waals surface area contributed by atoms with Crippen molar-refractivity contribution in [3.8, 4) is 67.5 Å². The summed E-state index contributed by atoms with van der Waals surface area (Å²) in [6, 6.07) is 70.0. The van der Waals surface area contributed by atoms with E-state index in [-0.39, 0.29) is 0 Å². The quantitative estimate of drug-likeness (QED) is 0.171. The Morgan fingerprint density at radius 2 is 0.772 bits per heavy atom. The predicted molar refractivity (Wildman–Crippen MR) is 235 cm³/mol. The van der Waals surface area contributed by atoms with Crippen molar-refractivity contribution in [1.29, 1.82) is 0 Å². The molecule has 4 heteroatoms. The second-order valence-corrected chi connectivity index (χ2v) is 14.4. The molecule has 0 unspecified atom stereocenters. The van der Waals surface area contributed by atoms with E-state index in [1.54, 1.807) is 0 Å². The molecule has 11 aromatic rings. The number of rotatable bonds is 6. The molecule has 0 radical (unpaired) electrons. The lowest BCUT2D eigenvalue weighted by molar-refractivity contribution is 0.669. The van der Waals surface area contributed by atoms with Gasteiger partial charge in [0.15, 0.2) is 17.5 Å². The summed E-state index contributed by atoms with van der Waals surface area (Å²) in [5.41, 5.74) is 11.5. The first-order chi connectivity index (χ1) is 28.2. The summed E-state index contributed by atoms with van der Waals surface area (Å²) in [4.78, 5) is 15.2. The van der Waals surface area contributed by atoms with E-state index in [0.717, 1.165) is 60.9 Å². The van der Waals surface area contributed by atoms with Crippen LogP contribution >= 0.6 is 0 Å². The molecule has 0 spiro atoms. The SMILES string of the molecule is c1ccc(-c2nc(-c3cccc(-c4ccc5cc(-c6cccc7oc8ccccc8c67)ccc5c4)c3)nc(-c3cccc(-c4cccc5ccccc45)c3)n2)cc1. The van der Waals surface area contributed by atoms with Crippen LogP contribution in [0.15, 0.2) is 205 Å². The van der Waals surface area contributed by atoms with Gasteiger partial charge in [-0.3, -0.25) is 0 Å². The second kappa shape index (κ2) is 13.6. The van der Waals surface area contributed by atoms with Gasteiger partial charge in [-0.05, 0) is 91.3 Å². The topological polar surface area (TPSA) is 51.8 Å². The number of nitrogens with zero attached hydrogens (tertiary/aromatic N) is 3. The highest BCUT2D eigenvalue weighted by Crippen LogP contribution is 2.38. The lowest BCUT2D eigenvalue weighted by atomic mass is 9.95.